The molecule has 134 valence electrons. The lowest BCUT2D eigenvalue weighted by Gasteiger charge is -2.37. The second kappa shape index (κ2) is 7.56. The molecule has 1 aliphatic rings. The van der Waals surface area contributed by atoms with Crippen molar-refractivity contribution in [2.45, 2.75) is 23.2 Å². The number of hydrogen-bond acceptors (Lipinski definition) is 4. The maximum Gasteiger partial charge on any atom is 0.240 e. The van der Waals surface area contributed by atoms with E-state index in [0.717, 1.165) is 18.4 Å². The number of hydrogen-bond donors (Lipinski definition) is 1. The van der Waals surface area contributed by atoms with Crippen LogP contribution in [0.25, 0.3) is 0 Å². The average molecular weight is 361 g/mol. The van der Waals surface area contributed by atoms with Gasteiger partial charge in [0.1, 0.15) is 5.75 Å². The van der Waals surface area contributed by atoms with Crippen LogP contribution in [0.1, 0.15) is 18.4 Å². The summed E-state index contributed by atoms with van der Waals surface area (Å²) in [6, 6.07) is 16.6. The molecular formula is C19H23NO4S. The van der Waals surface area contributed by atoms with Gasteiger partial charge in [0, 0.05) is 31.2 Å². The van der Waals surface area contributed by atoms with Gasteiger partial charge in [0.15, 0.2) is 0 Å². The van der Waals surface area contributed by atoms with Crippen LogP contribution in [0.2, 0.25) is 0 Å². The van der Waals surface area contributed by atoms with Crippen molar-refractivity contribution in [2.24, 2.45) is 0 Å². The van der Waals surface area contributed by atoms with Gasteiger partial charge in [-0.25, -0.2) is 13.1 Å². The van der Waals surface area contributed by atoms with Gasteiger partial charge in [-0.15, -0.1) is 0 Å². The molecule has 6 heteroatoms. The van der Waals surface area contributed by atoms with Crippen LogP contribution in [-0.2, 0) is 20.2 Å². The molecular weight excluding hydrogens is 338 g/mol. The molecule has 0 atom stereocenters. The molecule has 1 heterocycles. The summed E-state index contributed by atoms with van der Waals surface area (Å²) >= 11 is 0. The molecule has 2 aromatic carbocycles. The Morgan fingerprint density at radius 3 is 2.48 bits per heavy atom. The van der Waals surface area contributed by atoms with E-state index in [1.54, 1.807) is 18.2 Å². The fourth-order valence-corrected chi connectivity index (χ4v) is 4.37. The Kier molecular flexibility index (Phi) is 5.42. The Labute approximate surface area is 149 Å². The van der Waals surface area contributed by atoms with Crippen LogP contribution in [0.4, 0.5) is 0 Å². The minimum atomic E-state index is -3.61. The van der Waals surface area contributed by atoms with Gasteiger partial charge in [0.2, 0.25) is 10.0 Å². The summed E-state index contributed by atoms with van der Waals surface area (Å²) in [5.74, 6) is 0.520. The molecule has 0 unspecified atom stereocenters. The third-order valence-corrected chi connectivity index (χ3v) is 6.19. The van der Waals surface area contributed by atoms with Crippen LogP contribution in [-0.4, -0.2) is 35.3 Å². The van der Waals surface area contributed by atoms with E-state index >= 15 is 0 Å². The highest BCUT2D eigenvalue weighted by molar-refractivity contribution is 7.89. The number of ether oxygens (including phenoxy) is 2. The molecule has 0 saturated carbocycles. The van der Waals surface area contributed by atoms with Gasteiger partial charge in [-0.3, -0.25) is 0 Å². The second-order valence-electron chi connectivity index (χ2n) is 6.26. The molecule has 3 rings (SSSR count). The van der Waals surface area contributed by atoms with Crippen molar-refractivity contribution in [2.75, 3.05) is 26.9 Å². The van der Waals surface area contributed by atoms with Gasteiger partial charge in [-0.1, -0.05) is 36.4 Å². The Morgan fingerprint density at radius 2 is 1.80 bits per heavy atom. The van der Waals surface area contributed by atoms with Crippen molar-refractivity contribution in [1.82, 2.24) is 4.72 Å². The van der Waals surface area contributed by atoms with Crippen molar-refractivity contribution < 1.29 is 17.9 Å². The Balaban J connectivity index is 1.83. The minimum absolute atomic E-state index is 0.210. The summed E-state index contributed by atoms with van der Waals surface area (Å²) in [7, 11) is -2.09. The molecule has 0 aliphatic carbocycles. The van der Waals surface area contributed by atoms with E-state index in [1.165, 1.54) is 13.2 Å². The maximum absolute atomic E-state index is 12.7. The number of benzene rings is 2. The zero-order chi connectivity index (χ0) is 17.8. The first-order valence-corrected chi connectivity index (χ1v) is 9.81. The third kappa shape index (κ3) is 4.03. The quantitative estimate of drug-likeness (QED) is 0.859. The van der Waals surface area contributed by atoms with E-state index in [4.69, 9.17) is 9.47 Å². The third-order valence-electron chi connectivity index (χ3n) is 4.79. The summed E-state index contributed by atoms with van der Waals surface area (Å²) in [5, 5.41) is 0. The summed E-state index contributed by atoms with van der Waals surface area (Å²) in [4.78, 5) is 0.210. The van der Waals surface area contributed by atoms with Crippen molar-refractivity contribution in [3.8, 4) is 5.75 Å². The lowest BCUT2D eigenvalue weighted by molar-refractivity contribution is 0.0517. The average Bonchev–Trinajstić information content (AvgIpc) is 2.68. The highest BCUT2D eigenvalue weighted by atomic mass is 32.2. The molecule has 1 saturated heterocycles. The topological polar surface area (TPSA) is 64.6 Å². The smallest absolute Gasteiger partial charge is 0.240 e. The monoisotopic (exact) mass is 361 g/mol. The molecule has 0 bridgehead atoms. The molecule has 0 spiro atoms. The predicted molar refractivity (Wildman–Crippen MR) is 96.4 cm³/mol. The summed E-state index contributed by atoms with van der Waals surface area (Å²) < 4.78 is 38.9. The Bertz CT molecular complexity index is 799. The van der Waals surface area contributed by atoms with E-state index < -0.39 is 10.0 Å². The zero-order valence-corrected chi connectivity index (χ0v) is 15.1. The van der Waals surface area contributed by atoms with Crippen LogP contribution in [0.15, 0.2) is 59.5 Å². The number of rotatable bonds is 6. The van der Waals surface area contributed by atoms with Crippen molar-refractivity contribution in [3.05, 3.63) is 60.2 Å². The summed E-state index contributed by atoms with van der Waals surface area (Å²) in [6.45, 7) is 1.62. The van der Waals surface area contributed by atoms with Crippen LogP contribution in [0.5, 0.6) is 5.75 Å². The zero-order valence-electron chi connectivity index (χ0n) is 14.3. The van der Waals surface area contributed by atoms with Crippen LogP contribution in [0.3, 0.4) is 0 Å². The molecule has 1 N–H and O–H groups in total. The van der Waals surface area contributed by atoms with Gasteiger partial charge in [0.25, 0.3) is 0 Å². The Hall–Kier alpha value is -1.89. The highest BCUT2D eigenvalue weighted by Crippen LogP contribution is 2.34. The number of methoxy groups -OCH3 is 1. The van der Waals surface area contributed by atoms with E-state index in [9.17, 15) is 8.42 Å². The lowest BCUT2D eigenvalue weighted by Crippen LogP contribution is -2.44. The van der Waals surface area contributed by atoms with Crippen LogP contribution >= 0.6 is 0 Å². The van der Waals surface area contributed by atoms with E-state index in [-0.39, 0.29) is 10.3 Å². The molecule has 0 aromatic heterocycles. The molecule has 1 fully saturated rings. The summed E-state index contributed by atoms with van der Waals surface area (Å²) in [6.07, 6.45) is 1.58. The van der Waals surface area contributed by atoms with Gasteiger partial charge < -0.3 is 9.47 Å². The molecule has 5 nitrogen and oxygen atoms in total. The van der Waals surface area contributed by atoms with Gasteiger partial charge >= 0.3 is 0 Å². The summed E-state index contributed by atoms with van der Waals surface area (Å²) in [5.41, 5.74) is 0.900. The maximum atomic E-state index is 12.7. The van der Waals surface area contributed by atoms with Crippen molar-refractivity contribution in [1.29, 1.82) is 0 Å². The predicted octanol–water partition coefficient (Wildman–Crippen LogP) is 2.72. The van der Waals surface area contributed by atoms with E-state index in [0.29, 0.717) is 25.5 Å². The SMILES string of the molecule is COc1cccc(S(=O)(=O)NCC2(c3ccccc3)CCOCC2)c1. The molecule has 25 heavy (non-hydrogen) atoms. The first-order valence-electron chi connectivity index (χ1n) is 8.33. The van der Waals surface area contributed by atoms with Gasteiger partial charge in [-0.2, -0.15) is 0 Å². The second-order valence-corrected chi connectivity index (χ2v) is 8.03. The van der Waals surface area contributed by atoms with E-state index in [2.05, 4.69) is 16.9 Å². The van der Waals surface area contributed by atoms with Gasteiger partial charge in [-0.05, 0) is 30.5 Å². The van der Waals surface area contributed by atoms with Crippen LogP contribution < -0.4 is 9.46 Å². The fraction of sp³-hybridized carbons (Fsp3) is 0.368. The van der Waals surface area contributed by atoms with Gasteiger partial charge in [0.05, 0.1) is 12.0 Å². The molecule has 0 amide bonds. The largest absolute Gasteiger partial charge is 0.497 e. The fourth-order valence-electron chi connectivity index (χ4n) is 3.21. The molecule has 0 radical (unpaired) electrons. The lowest BCUT2D eigenvalue weighted by atomic mass is 9.74. The number of nitrogens with one attached hydrogen (secondary N) is 1. The highest BCUT2D eigenvalue weighted by Gasteiger charge is 2.35. The Morgan fingerprint density at radius 1 is 1.08 bits per heavy atom. The minimum Gasteiger partial charge on any atom is -0.497 e. The van der Waals surface area contributed by atoms with Crippen LogP contribution in [0, 0.1) is 0 Å². The van der Waals surface area contributed by atoms with Crippen molar-refractivity contribution >= 4 is 10.0 Å². The molecule has 2 aromatic rings. The number of sulfonamides is 1. The first kappa shape index (κ1) is 17.9. The molecule has 1 aliphatic heterocycles. The van der Waals surface area contributed by atoms with E-state index in [1.807, 2.05) is 18.2 Å². The van der Waals surface area contributed by atoms with Crippen molar-refractivity contribution in [3.63, 3.8) is 0 Å². The first-order chi connectivity index (χ1) is 12.1. The standard InChI is InChI=1S/C19H23NO4S/c1-23-17-8-5-9-18(14-17)25(21,22)20-15-19(10-12-24-13-11-19)16-6-3-2-4-7-16/h2-9,14,20H,10-13,15H2,1H3. The normalized spacial score (nSPS) is 17.2.